The van der Waals surface area contributed by atoms with Crippen molar-refractivity contribution >= 4 is 29.0 Å². The number of carbonyl (C=O) groups excluding carboxylic acids is 2. The number of nitrogen functional groups attached to an aromatic ring is 1. The minimum atomic E-state index is -0.615. The SMILES string of the molecule is Cc1ccc(-c2csc(-c3cccc(-n4c(N)c5c(cc4=O)C(=O)NC5=O)c3)n2)cc1. The van der Waals surface area contributed by atoms with Gasteiger partial charge >= 0.3 is 0 Å². The number of benzene rings is 2. The lowest BCUT2D eigenvalue weighted by Crippen LogP contribution is -2.24. The molecule has 1 aliphatic heterocycles. The lowest BCUT2D eigenvalue weighted by Gasteiger charge is -2.12. The molecule has 5 rings (SSSR count). The van der Waals surface area contributed by atoms with E-state index in [0.29, 0.717) is 5.69 Å². The number of imide groups is 1. The molecule has 0 unspecified atom stereocenters. The normalized spacial score (nSPS) is 12.7. The number of rotatable bonds is 3. The molecule has 1 aliphatic rings. The van der Waals surface area contributed by atoms with Gasteiger partial charge in [-0.15, -0.1) is 11.3 Å². The second-order valence-corrected chi connectivity index (χ2v) is 8.09. The minimum absolute atomic E-state index is 0.00238. The molecule has 8 heteroatoms. The molecule has 0 bridgehead atoms. The summed E-state index contributed by atoms with van der Waals surface area (Å²) in [4.78, 5) is 41.4. The molecule has 152 valence electrons. The van der Waals surface area contributed by atoms with Gasteiger partial charge in [-0.1, -0.05) is 42.0 Å². The summed E-state index contributed by atoms with van der Waals surface area (Å²) in [6, 6.07) is 16.5. The molecule has 0 saturated carbocycles. The van der Waals surface area contributed by atoms with Crippen LogP contribution in [0.4, 0.5) is 5.82 Å². The minimum Gasteiger partial charge on any atom is -0.384 e. The van der Waals surface area contributed by atoms with Crippen LogP contribution < -0.4 is 16.6 Å². The Labute approximate surface area is 180 Å². The zero-order valence-electron chi connectivity index (χ0n) is 16.4. The number of nitrogens with one attached hydrogen (secondary N) is 1. The highest BCUT2D eigenvalue weighted by atomic mass is 32.1. The molecule has 0 radical (unpaired) electrons. The summed E-state index contributed by atoms with van der Waals surface area (Å²) in [5.41, 5.74) is 10.1. The number of carbonyl (C=O) groups is 2. The van der Waals surface area contributed by atoms with Gasteiger partial charge in [-0.3, -0.25) is 24.3 Å². The van der Waals surface area contributed by atoms with Gasteiger partial charge < -0.3 is 5.73 Å². The van der Waals surface area contributed by atoms with E-state index in [1.165, 1.54) is 21.5 Å². The molecule has 3 heterocycles. The number of amides is 2. The van der Waals surface area contributed by atoms with Crippen molar-refractivity contribution in [3.8, 4) is 27.5 Å². The van der Waals surface area contributed by atoms with Crippen molar-refractivity contribution in [2.24, 2.45) is 0 Å². The Balaban J connectivity index is 1.58. The van der Waals surface area contributed by atoms with Gasteiger partial charge in [0.2, 0.25) is 0 Å². The number of pyridine rings is 1. The maximum absolute atomic E-state index is 12.7. The number of hydrogen-bond acceptors (Lipinski definition) is 6. The molecule has 3 N–H and O–H groups in total. The topological polar surface area (TPSA) is 107 Å². The molecule has 2 aromatic heterocycles. The average Bonchev–Trinajstić information content (AvgIpc) is 3.34. The molecule has 0 saturated heterocycles. The van der Waals surface area contributed by atoms with Gasteiger partial charge in [-0.25, -0.2) is 4.98 Å². The Hall–Kier alpha value is -4.04. The van der Waals surface area contributed by atoms with E-state index in [1.54, 1.807) is 18.2 Å². The molecular formula is C23H16N4O3S. The van der Waals surface area contributed by atoms with E-state index in [9.17, 15) is 14.4 Å². The summed E-state index contributed by atoms with van der Waals surface area (Å²) < 4.78 is 1.23. The van der Waals surface area contributed by atoms with Crippen molar-refractivity contribution < 1.29 is 9.59 Å². The number of thiazole rings is 1. The molecule has 0 atom stereocenters. The fraction of sp³-hybridized carbons (Fsp3) is 0.0435. The third kappa shape index (κ3) is 3.13. The highest BCUT2D eigenvalue weighted by molar-refractivity contribution is 7.13. The maximum Gasteiger partial charge on any atom is 0.262 e. The lowest BCUT2D eigenvalue weighted by atomic mass is 10.1. The Morgan fingerprint density at radius 1 is 0.968 bits per heavy atom. The zero-order valence-corrected chi connectivity index (χ0v) is 17.2. The van der Waals surface area contributed by atoms with Gasteiger partial charge in [-0.2, -0.15) is 0 Å². The number of aromatic nitrogens is 2. The van der Waals surface area contributed by atoms with Crippen LogP contribution in [0.5, 0.6) is 0 Å². The first-order valence-electron chi connectivity index (χ1n) is 9.47. The van der Waals surface area contributed by atoms with E-state index < -0.39 is 17.4 Å². The van der Waals surface area contributed by atoms with Gasteiger partial charge in [0.15, 0.2) is 0 Å². The first-order valence-corrected chi connectivity index (χ1v) is 10.3. The van der Waals surface area contributed by atoms with E-state index in [2.05, 4.69) is 5.32 Å². The summed E-state index contributed by atoms with van der Waals surface area (Å²) in [6.45, 7) is 2.04. The molecule has 0 aliphatic carbocycles. The van der Waals surface area contributed by atoms with E-state index in [1.807, 2.05) is 42.6 Å². The van der Waals surface area contributed by atoms with Crippen LogP contribution in [0.3, 0.4) is 0 Å². The summed E-state index contributed by atoms with van der Waals surface area (Å²) in [7, 11) is 0. The lowest BCUT2D eigenvalue weighted by molar-refractivity contribution is 0.0880. The summed E-state index contributed by atoms with van der Waals surface area (Å²) >= 11 is 1.50. The predicted octanol–water partition coefficient (Wildman–Crippen LogP) is 3.40. The highest BCUT2D eigenvalue weighted by Gasteiger charge is 2.31. The van der Waals surface area contributed by atoms with Gasteiger partial charge in [0, 0.05) is 22.6 Å². The van der Waals surface area contributed by atoms with Crippen LogP contribution in [0.25, 0.3) is 27.5 Å². The monoisotopic (exact) mass is 428 g/mol. The Kier molecular flexibility index (Phi) is 4.30. The molecule has 0 fully saturated rings. The van der Waals surface area contributed by atoms with Crippen LogP contribution in [0.1, 0.15) is 26.3 Å². The number of aryl methyl sites for hydroxylation is 1. The van der Waals surface area contributed by atoms with Crippen LogP contribution in [0, 0.1) is 6.92 Å². The molecule has 7 nitrogen and oxygen atoms in total. The molecular weight excluding hydrogens is 412 g/mol. The average molecular weight is 428 g/mol. The van der Waals surface area contributed by atoms with E-state index in [-0.39, 0.29) is 16.9 Å². The zero-order chi connectivity index (χ0) is 21.7. The molecule has 31 heavy (non-hydrogen) atoms. The Morgan fingerprint density at radius 3 is 2.52 bits per heavy atom. The van der Waals surface area contributed by atoms with Crippen molar-refractivity contribution in [3.63, 3.8) is 0 Å². The molecule has 2 amide bonds. The Bertz CT molecular complexity index is 1430. The Morgan fingerprint density at radius 2 is 1.74 bits per heavy atom. The van der Waals surface area contributed by atoms with Crippen molar-refractivity contribution in [2.75, 3.05) is 5.73 Å². The van der Waals surface area contributed by atoms with Crippen LogP contribution >= 0.6 is 11.3 Å². The van der Waals surface area contributed by atoms with Crippen LogP contribution in [-0.2, 0) is 0 Å². The van der Waals surface area contributed by atoms with Gasteiger partial charge in [0.05, 0.1) is 22.5 Å². The predicted molar refractivity (Wildman–Crippen MR) is 120 cm³/mol. The highest BCUT2D eigenvalue weighted by Crippen LogP contribution is 2.31. The summed E-state index contributed by atoms with van der Waals surface area (Å²) in [5, 5.41) is 4.94. The summed E-state index contributed by atoms with van der Waals surface area (Å²) in [5.74, 6) is -1.29. The second kappa shape index (κ2) is 7.03. The maximum atomic E-state index is 12.7. The van der Waals surface area contributed by atoms with Crippen LogP contribution in [-0.4, -0.2) is 21.4 Å². The first kappa shape index (κ1) is 19.0. The third-order valence-corrected chi connectivity index (χ3v) is 6.05. The van der Waals surface area contributed by atoms with Gasteiger partial charge in [0.1, 0.15) is 10.8 Å². The number of anilines is 1. The van der Waals surface area contributed by atoms with Gasteiger partial charge in [0.25, 0.3) is 17.4 Å². The van der Waals surface area contributed by atoms with Crippen molar-refractivity contribution in [1.82, 2.24) is 14.9 Å². The van der Waals surface area contributed by atoms with Crippen molar-refractivity contribution in [3.05, 3.63) is 87.0 Å². The smallest absolute Gasteiger partial charge is 0.262 e. The van der Waals surface area contributed by atoms with E-state index >= 15 is 0 Å². The fourth-order valence-electron chi connectivity index (χ4n) is 3.59. The number of hydrogen-bond donors (Lipinski definition) is 2. The number of nitrogens with two attached hydrogens (primary N) is 1. The first-order chi connectivity index (χ1) is 14.9. The van der Waals surface area contributed by atoms with Crippen LogP contribution in [0.2, 0.25) is 0 Å². The standard InChI is InChI=1S/C23H16N4O3S/c1-12-5-7-13(8-6-12)17-11-31-23(25-17)14-3-2-4-15(9-14)27-18(28)10-16-19(20(27)24)22(30)26-21(16)29/h2-11H,24H2,1H3,(H,26,29,30). The number of fused-ring (bicyclic) bond motifs is 1. The van der Waals surface area contributed by atoms with E-state index in [0.717, 1.165) is 27.9 Å². The largest absolute Gasteiger partial charge is 0.384 e. The van der Waals surface area contributed by atoms with Crippen LogP contribution in [0.15, 0.2) is 64.8 Å². The number of nitrogens with zero attached hydrogens (tertiary/aromatic N) is 2. The third-order valence-electron chi connectivity index (χ3n) is 5.16. The van der Waals surface area contributed by atoms with Gasteiger partial charge in [-0.05, 0) is 19.1 Å². The summed E-state index contributed by atoms with van der Waals surface area (Å²) in [6.07, 6.45) is 0. The quantitative estimate of drug-likeness (QED) is 0.487. The molecule has 4 aromatic rings. The van der Waals surface area contributed by atoms with Crippen molar-refractivity contribution in [1.29, 1.82) is 0 Å². The molecule has 2 aromatic carbocycles. The second-order valence-electron chi connectivity index (χ2n) is 7.23. The van der Waals surface area contributed by atoms with E-state index in [4.69, 9.17) is 10.7 Å². The van der Waals surface area contributed by atoms with Crippen molar-refractivity contribution in [2.45, 2.75) is 6.92 Å². The fourth-order valence-corrected chi connectivity index (χ4v) is 4.41. The molecule has 0 spiro atoms.